The number of aryl methyl sites for hydroxylation is 1. The van der Waals surface area contributed by atoms with Crippen LogP contribution in [0.5, 0.6) is 0 Å². The Kier molecular flexibility index (Phi) is 6.22. The Hall–Kier alpha value is -3.13. The van der Waals surface area contributed by atoms with Crippen molar-refractivity contribution in [3.05, 3.63) is 64.5 Å². The number of nitriles is 1. The Morgan fingerprint density at radius 2 is 1.94 bits per heavy atom. The Labute approximate surface area is 184 Å². The summed E-state index contributed by atoms with van der Waals surface area (Å²) in [6.07, 6.45) is 2.67. The smallest absolute Gasteiger partial charge is 0.266 e. The van der Waals surface area contributed by atoms with E-state index in [0.29, 0.717) is 17.6 Å². The molecule has 1 heterocycles. The van der Waals surface area contributed by atoms with Crippen LogP contribution in [0.1, 0.15) is 63.6 Å². The van der Waals surface area contributed by atoms with Gasteiger partial charge in [-0.1, -0.05) is 6.92 Å². The van der Waals surface area contributed by atoms with Crippen LogP contribution < -0.4 is 10.2 Å². The molecule has 1 amide bonds. The van der Waals surface area contributed by atoms with Crippen molar-refractivity contribution in [2.45, 2.75) is 65.5 Å². The highest BCUT2D eigenvalue weighted by atomic mass is 19.1. The second-order valence-electron chi connectivity index (χ2n) is 9.28. The number of benzene rings is 2. The summed E-state index contributed by atoms with van der Waals surface area (Å²) in [6.45, 7) is 13.2. The van der Waals surface area contributed by atoms with Crippen molar-refractivity contribution in [2.75, 3.05) is 10.2 Å². The van der Waals surface area contributed by atoms with E-state index in [1.807, 2.05) is 13.0 Å². The predicted octanol–water partition coefficient (Wildman–Crippen LogP) is 6.18. The van der Waals surface area contributed by atoms with Crippen molar-refractivity contribution in [1.82, 2.24) is 0 Å². The summed E-state index contributed by atoms with van der Waals surface area (Å²) in [6, 6.07) is 12.1. The lowest BCUT2D eigenvalue weighted by Crippen LogP contribution is -2.51. The molecule has 0 radical (unpaired) electrons. The van der Waals surface area contributed by atoms with Gasteiger partial charge in [0.15, 0.2) is 0 Å². The maximum Gasteiger partial charge on any atom is 0.266 e. The Balaban J connectivity index is 1.98. The number of hydrogen-bond acceptors (Lipinski definition) is 3. The lowest BCUT2D eigenvalue weighted by Gasteiger charge is -2.50. The first-order valence-electron chi connectivity index (χ1n) is 10.7. The van der Waals surface area contributed by atoms with Gasteiger partial charge in [0.2, 0.25) is 0 Å². The normalized spacial score (nSPS) is 17.8. The molecule has 0 fully saturated rings. The highest BCUT2D eigenvalue weighted by Crippen LogP contribution is 2.45. The fourth-order valence-electron chi connectivity index (χ4n) is 4.78. The maximum atomic E-state index is 13.1. The van der Waals surface area contributed by atoms with E-state index in [1.165, 1.54) is 35.5 Å². The van der Waals surface area contributed by atoms with E-state index in [-0.39, 0.29) is 16.9 Å². The van der Waals surface area contributed by atoms with Crippen molar-refractivity contribution in [2.24, 2.45) is 0 Å². The van der Waals surface area contributed by atoms with Crippen LogP contribution in [-0.2, 0) is 4.79 Å². The van der Waals surface area contributed by atoms with Gasteiger partial charge in [-0.25, -0.2) is 4.39 Å². The number of fused-ring (bicyclic) bond motifs is 1. The summed E-state index contributed by atoms with van der Waals surface area (Å²) in [4.78, 5) is 15.1. The number of hydrogen-bond donors (Lipinski definition) is 1. The fraction of sp³-hybridized carbons (Fsp3) is 0.385. The van der Waals surface area contributed by atoms with Gasteiger partial charge in [0, 0.05) is 23.0 Å². The summed E-state index contributed by atoms with van der Waals surface area (Å²) in [5.41, 5.74) is 4.84. The second-order valence-corrected chi connectivity index (χ2v) is 9.28. The number of rotatable bonds is 4. The van der Waals surface area contributed by atoms with Gasteiger partial charge in [0.1, 0.15) is 17.5 Å². The molecule has 2 aromatic carbocycles. The molecule has 0 unspecified atom stereocenters. The Morgan fingerprint density at radius 1 is 1.29 bits per heavy atom. The standard InChI is InChI=1S/C26H30FN3O/c1-16(2)30-24-11-17(3)19(13-23(24)18(4)14-26(30,5)6)12-20(15-28)25(31)29-22-9-7-21(27)8-10-22/h7-13,16,18H,14H2,1-6H3,(H,29,31)/b20-12-/t18-/m1/s1. The van der Waals surface area contributed by atoms with Crippen LogP contribution in [-0.4, -0.2) is 17.5 Å². The Morgan fingerprint density at radius 3 is 2.52 bits per heavy atom. The van der Waals surface area contributed by atoms with Gasteiger partial charge in [0.25, 0.3) is 5.91 Å². The van der Waals surface area contributed by atoms with E-state index in [1.54, 1.807) is 6.08 Å². The molecule has 1 atom stereocenters. The molecule has 31 heavy (non-hydrogen) atoms. The average Bonchev–Trinajstić information content (AvgIpc) is 2.67. The SMILES string of the molecule is Cc1cc2c(cc1/C=C(/C#N)C(=O)Nc1ccc(F)cc1)[C@H](C)CC(C)(C)N2C(C)C. The molecule has 1 N–H and O–H groups in total. The lowest BCUT2D eigenvalue weighted by atomic mass is 9.78. The molecule has 1 aliphatic heterocycles. The van der Waals surface area contributed by atoms with Crippen LogP contribution in [0, 0.1) is 24.1 Å². The second kappa shape index (κ2) is 8.55. The third-order valence-electron chi connectivity index (χ3n) is 5.95. The van der Waals surface area contributed by atoms with Gasteiger partial charge in [-0.05, 0) is 106 Å². The third-order valence-corrected chi connectivity index (χ3v) is 5.95. The molecule has 0 saturated heterocycles. The minimum Gasteiger partial charge on any atom is -0.364 e. The molecule has 3 rings (SSSR count). The number of nitrogens with one attached hydrogen (secondary N) is 1. The van der Waals surface area contributed by atoms with Crippen molar-refractivity contribution in [1.29, 1.82) is 5.26 Å². The van der Waals surface area contributed by atoms with Gasteiger partial charge in [0.05, 0.1) is 0 Å². The van der Waals surface area contributed by atoms with Gasteiger partial charge in [-0.3, -0.25) is 4.79 Å². The summed E-state index contributed by atoms with van der Waals surface area (Å²) in [5.74, 6) is -0.526. The molecule has 0 saturated carbocycles. The first-order valence-corrected chi connectivity index (χ1v) is 10.7. The zero-order valence-electron chi connectivity index (χ0n) is 19.1. The van der Waals surface area contributed by atoms with Crippen molar-refractivity contribution >= 4 is 23.4 Å². The van der Waals surface area contributed by atoms with Crippen LogP contribution in [0.2, 0.25) is 0 Å². The maximum absolute atomic E-state index is 13.1. The van der Waals surface area contributed by atoms with Gasteiger partial charge < -0.3 is 10.2 Å². The molecule has 4 nitrogen and oxygen atoms in total. The van der Waals surface area contributed by atoms with Crippen molar-refractivity contribution in [3.63, 3.8) is 0 Å². The molecule has 1 aliphatic rings. The average molecular weight is 420 g/mol. The van der Waals surface area contributed by atoms with Gasteiger partial charge in [-0.2, -0.15) is 5.26 Å². The first-order chi connectivity index (χ1) is 14.5. The van der Waals surface area contributed by atoms with Crippen LogP contribution in [0.15, 0.2) is 42.0 Å². The number of anilines is 2. The quantitative estimate of drug-likeness (QED) is 0.475. The minimum absolute atomic E-state index is 0.0110. The van der Waals surface area contributed by atoms with E-state index in [0.717, 1.165) is 17.5 Å². The van der Waals surface area contributed by atoms with E-state index in [9.17, 15) is 14.4 Å². The number of amides is 1. The zero-order valence-corrected chi connectivity index (χ0v) is 19.1. The summed E-state index contributed by atoms with van der Waals surface area (Å²) in [5, 5.41) is 12.3. The van der Waals surface area contributed by atoms with E-state index in [4.69, 9.17) is 0 Å². The van der Waals surface area contributed by atoms with Crippen molar-refractivity contribution < 1.29 is 9.18 Å². The molecule has 0 aliphatic carbocycles. The lowest BCUT2D eigenvalue weighted by molar-refractivity contribution is -0.112. The molecule has 0 bridgehead atoms. The topological polar surface area (TPSA) is 56.1 Å². The molecule has 0 aromatic heterocycles. The number of nitrogens with zero attached hydrogens (tertiary/aromatic N) is 2. The number of carbonyl (C=O) groups excluding carboxylic acids is 1. The molecular weight excluding hydrogens is 389 g/mol. The summed E-state index contributed by atoms with van der Waals surface area (Å²) >= 11 is 0. The highest BCUT2D eigenvalue weighted by molar-refractivity contribution is 6.09. The fourth-order valence-corrected chi connectivity index (χ4v) is 4.78. The molecule has 2 aromatic rings. The summed E-state index contributed by atoms with van der Waals surface area (Å²) in [7, 11) is 0. The van der Waals surface area contributed by atoms with Gasteiger partial charge >= 0.3 is 0 Å². The van der Waals surface area contributed by atoms with Gasteiger partial charge in [-0.15, -0.1) is 0 Å². The van der Waals surface area contributed by atoms with Crippen LogP contribution >= 0.6 is 0 Å². The van der Waals surface area contributed by atoms with E-state index >= 15 is 0 Å². The number of carbonyl (C=O) groups is 1. The van der Waals surface area contributed by atoms with Crippen molar-refractivity contribution in [3.8, 4) is 6.07 Å². The Bertz CT molecular complexity index is 1060. The molecule has 5 heteroatoms. The third kappa shape index (κ3) is 4.64. The van der Waals surface area contributed by atoms with Crippen LogP contribution in [0.25, 0.3) is 6.08 Å². The van der Waals surface area contributed by atoms with Crippen LogP contribution in [0.4, 0.5) is 15.8 Å². The minimum atomic E-state index is -0.510. The number of halogens is 1. The highest BCUT2D eigenvalue weighted by Gasteiger charge is 2.37. The predicted molar refractivity (Wildman–Crippen MR) is 125 cm³/mol. The first kappa shape index (κ1) is 22.6. The van der Waals surface area contributed by atoms with E-state index in [2.05, 4.69) is 57.0 Å². The molecule has 0 spiro atoms. The zero-order chi connectivity index (χ0) is 22.9. The summed E-state index contributed by atoms with van der Waals surface area (Å²) < 4.78 is 13.1. The monoisotopic (exact) mass is 419 g/mol. The van der Waals surface area contributed by atoms with E-state index < -0.39 is 5.91 Å². The molecule has 162 valence electrons. The largest absolute Gasteiger partial charge is 0.364 e. The molecular formula is C26H30FN3O. The van der Waals surface area contributed by atoms with Crippen LogP contribution in [0.3, 0.4) is 0 Å².